The van der Waals surface area contributed by atoms with Gasteiger partial charge in [-0.25, -0.2) is 0 Å². The zero-order chi connectivity index (χ0) is 52.2. The Balaban J connectivity index is 4.45. The maximum Gasteiger partial charge on any atom is 0.306 e. The molecule has 0 saturated carbocycles. The molecule has 0 aliphatic rings. The number of hydrogen-bond donors (Lipinski definition) is 0. The predicted octanol–water partition coefficient (Wildman–Crippen LogP) is 20.0. The first-order chi connectivity index (χ1) is 35.5. The Bertz CT molecular complexity index is 1520. The standard InChI is InChI=1S/C66H108O6/c1-4-7-10-13-16-19-22-25-28-31-33-35-38-41-44-47-50-53-56-59-65(68)71-62-63(61-70-64(67)58-55-52-49-46-43-40-37-30-27-24-21-18-15-12-9-6-3)72-66(69)60-57-54-51-48-45-42-39-36-34-32-29-26-23-20-17-14-11-8-5-2/h7-12,16-21,25-30,40,43,63H,4-6,13-15,22-24,31-39,41-42,44-62H2,1-3H3/b10-7-,11-8-,12-9-,19-16-,20-17-,21-18-,28-25-,29-26-,30-27-,43-40-. The summed E-state index contributed by atoms with van der Waals surface area (Å²) in [6, 6.07) is 0. The average Bonchev–Trinajstić information content (AvgIpc) is 3.38. The van der Waals surface area contributed by atoms with Crippen LogP contribution in [0.1, 0.15) is 258 Å². The fraction of sp³-hybridized carbons (Fsp3) is 0.652. The van der Waals surface area contributed by atoms with E-state index in [1.807, 2.05) is 0 Å². The molecular formula is C66H108O6. The van der Waals surface area contributed by atoms with Crippen LogP contribution in [0.2, 0.25) is 0 Å². The quantitative estimate of drug-likeness (QED) is 0.0261. The summed E-state index contributed by atoms with van der Waals surface area (Å²) in [4.78, 5) is 38.2. The summed E-state index contributed by atoms with van der Waals surface area (Å²) < 4.78 is 16.9. The minimum absolute atomic E-state index is 0.0959. The number of carbonyl (C=O) groups excluding carboxylic acids is 3. The second-order valence-corrected chi connectivity index (χ2v) is 19.1. The van der Waals surface area contributed by atoms with Gasteiger partial charge >= 0.3 is 17.9 Å². The fourth-order valence-electron chi connectivity index (χ4n) is 7.87. The van der Waals surface area contributed by atoms with E-state index in [0.29, 0.717) is 19.3 Å². The summed E-state index contributed by atoms with van der Waals surface area (Å²) >= 11 is 0. The van der Waals surface area contributed by atoms with E-state index in [1.54, 1.807) is 0 Å². The van der Waals surface area contributed by atoms with Crippen molar-refractivity contribution in [2.75, 3.05) is 13.2 Å². The summed E-state index contributed by atoms with van der Waals surface area (Å²) in [6.45, 7) is 6.28. The summed E-state index contributed by atoms with van der Waals surface area (Å²) in [5.41, 5.74) is 0. The van der Waals surface area contributed by atoms with Crippen molar-refractivity contribution >= 4 is 17.9 Å². The lowest BCUT2D eigenvalue weighted by atomic mass is 10.1. The topological polar surface area (TPSA) is 78.9 Å². The minimum atomic E-state index is -0.801. The third kappa shape index (κ3) is 56.7. The molecule has 1 atom stereocenters. The van der Waals surface area contributed by atoms with Gasteiger partial charge in [-0.15, -0.1) is 0 Å². The molecule has 1 unspecified atom stereocenters. The average molecular weight is 998 g/mol. The molecule has 0 aromatic carbocycles. The lowest BCUT2D eigenvalue weighted by Gasteiger charge is -2.18. The van der Waals surface area contributed by atoms with E-state index in [0.717, 1.165) is 135 Å². The first-order valence-electron chi connectivity index (χ1n) is 29.5. The Hall–Kier alpha value is -4.19. The maximum absolute atomic E-state index is 12.9. The number of unbranched alkanes of at least 4 members (excludes halogenated alkanes) is 21. The molecule has 408 valence electrons. The van der Waals surface area contributed by atoms with Crippen molar-refractivity contribution in [1.29, 1.82) is 0 Å². The van der Waals surface area contributed by atoms with Crippen LogP contribution in [0.3, 0.4) is 0 Å². The van der Waals surface area contributed by atoms with Crippen LogP contribution < -0.4 is 0 Å². The maximum atomic E-state index is 12.9. The van der Waals surface area contributed by atoms with Gasteiger partial charge in [0.2, 0.25) is 0 Å². The van der Waals surface area contributed by atoms with Gasteiger partial charge in [-0.2, -0.15) is 0 Å². The van der Waals surface area contributed by atoms with Crippen molar-refractivity contribution in [2.45, 2.75) is 264 Å². The number of esters is 3. The number of carbonyl (C=O) groups is 3. The van der Waals surface area contributed by atoms with Crippen molar-refractivity contribution in [3.05, 3.63) is 122 Å². The van der Waals surface area contributed by atoms with Crippen LogP contribution in [-0.2, 0) is 28.6 Å². The van der Waals surface area contributed by atoms with E-state index in [-0.39, 0.29) is 31.1 Å². The smallest absolute Gasteiger partial charge is 0.306 e. The Morgan fingerprint density at radius 2 is 0.500 bits per heavy atom. The Kier molecular flexibility index (Phi) is 55.9. The highest BCUT2D eigenvalue weighted by Gasteiger charge is 2.19. The van der Waals surface area contributed by atoms with Crippen molar-refractivity contribution < 1.29 is 28.6 Å². The van der Waals surface area contributed by atoms with Gasteiger partial charge in [0.05, 0.1) is 0 Å². The lowest BCUT2D eigenvalue weighted by molar-refractivity contribution is -0.167. The molecule has 6 heteroatoms. The Labute approximate surface area is 443 Å². The van der Waals surface area contributed by atoms with Crippen molar-refractivity contribution in [3.63, 3.8) is 0 Å². The van der Waals surface area contributed by atoms with Crippen molar-refractivity contribution in [1.82, 2.24) is 0 Å². The van der Waals surface area contributed by atoms with Gasteiger partial charge < -0.3 is 14.2 Å². The number of rotatable bonds is 52. The van der Waals surface area contributed by atoms with Crippen LogP contribution in [0.15, 0.2) is 122 Å². The summed E-state index contributed by atoms with van der Waals surface area (Å²) in [5.74, 6) is -0.938. The number of allylic oxidation sites excluding steroid dienone is 20. The van der Waals surface area contributed by atoms with E-state index < -0.39 is 6.10 Å². The molecule has 0 radical (unpaired) electrons. The second-order valence-electron chi connectivity index (χ2n) is 19.1. The molecule has 0 aliphatic carbocycles. The number of ether oxygens (including phenoxy) is 3. The molecular weight excluding hydrogens is 889 g/mol. The lowest BCUT2D eigenvalue weighted by Crippen LogP contribution is -2.30. The van der Waals surface area contributed by atoms with E-state index in [4.69, 9.17) is 14.2 Å². The zero-order valence-corrected chi connectivity index (χ0v) is 46.7. The molecule has 0 heterocycles. The molecule has 72 heavy (non-hydrogen) atoms. The molecule has 0 amide bonds. The molecule has 0 fully saturated rings. The van der Waals surface area contributed by atoms with Crippen LogP contribution >= 0.6 is 0 Å². The van der Waals surface area contributed by atoms with Gasteiger partial charge in [0, 0.05) is 19.3 Å². The molecule has 6 nitrogen and oxygen atoms in total. The van der Waals surface area contributed by atoms with Gasteiger partial charge in [0.1, 0.15) is 13.2 Å². The second kappa shape index (κ2) is 59.4. The largest absolute Gasteiger partial charge is 0.462 e. The van der Waals surface area contributed by atoms with Crippen LogP contribution in [0, 0.1) is 0 Å². The third-order valence-corrected chi connectivity index (χ3v) is 12.2. The van der Waals surface area contributed by atoms with Crippen LogP contribution in [0.4, 0.5) is 0 Å². The van der Waals surface area contributed by atoms with Crippen LogP contribution in [0.5, 0.6) is 0 Å². The van der Waals surface area contributed by atoms with Crippen LogP contribution in [-0.4, -0.2) is 37.2 Å². The molecule has 0 spiro atoms. The van der Waals surface area contributed by atoms with Gasteiger partial charge in [0.25, 0.3) is 0 Å². The highest BCUT2D eigenvalue weighted by Crippen LogP contribution is 2.15. The predicted molar refractivity (Wildman–Crippen MR) is 311 cm³/mol. The molecule has 0 saturated heterocycles. The van der Waals surface area contributed by atoms with E-state index in [2.05, 4.69) is 142 Å². The van der Waals surface area contributed by atoms with E-state index in [1.165, 1.54) is 83.5 Å². The van der Waals surface area contributed by atoms with Gasteiger partial charge in [-0.05, 0) is 122 Å². The first kappa shape index (κ1) is 67.8. The highest BCUT2D eigenvalue weighted by atomic mass is 16.6. The number of hydrogen-bond acceptors (Lipinski definition) is 6. The van der Waals surface area contributed by atoms with Crippen molar-refractivity contribution in [2.24, 2.45) is 0 Å². The van der Waals surface area contributed by atoms with Gasteiger partial charge in [0.15, 0.2) is 6.10 Å². The summed E-state index contributed by atoms with van der Waals surface area (Å²) in [5, 5.41) is 0. The molecule has 0 aromatic heterocycles. The van der Waals surface area contributed by atoms with Crippen molar-refractivity contribution in [3.8, 4) is 0 Å². The first-order valence-corrected chi connectivity index (χ1v) is 29.5. The molecule has 0 aliphatic heterocycles. The Morgan fingerprint density at radius 1 is 0.278 bits per heavy atom. The Morgan fingerprint density at radius 3 is 0.792 bits per heavy atom. The molecule has 0 aromatic rings. The van der Waals surface area contributed by atoms with Gasteiger partial charge in [-0.3, -0.25) is 14.4 Å². The SMILES string of the molecule is CC/C=C\C/C=C\C/C=C\C/C=C\CCCCCC(=O)OCC(COC(=O)CCCCCCCCCCC/C=C\C/C=C\C/C=C\CC)OC(=O)CCCCCCCCCCC/C=C\C/C=C\C/C=C\CC. The summed E-state index contributed by atoms with van der Waals surface area (Å²) in [6.07, 6.45) is 81.9. The third-order valence-electron chi connectivity index (χ3n) is 12.2. The van der Waals surface area contributed by atoms with Crippen LogP contribution in [0.25, 0.3) is 0 Å². The minimum Gasteiger partial charge on any atom is -0.462 e. The monoisotopic (exact) mass is 997 g/mol. The summed E-state index contributed by atoms with van der Waals surface area (Å²) in [7, 11) is 0. The highest BCUT2D eigenvalue weighted by molar-refractivity contribution is 5.71. The molecule has 0 bridgehead atoms. The normalized spacial score (nSPS) is 13.0. The molecule has 0 N–H and O–H groups in total. The zero-order valence-electron chi connectivity index (χ0n) is 46.7. The van der Waals surface area contributed by atoms with E-state index >= 15 is 0 Å². The molecule has 0 rings (SSSR count). The van der Waals surface area contributed by atoms with E-state index in [9.17, 15) is 14.4 Å². The fourth-order valence-corrected chi connectivity index (χ4v) is 7.87. The van der Waals surface area contributed by atoms with Gasteiger partial charge in [-0.1, -0.05) is 239 Å².